The monoisotopic (exact) mass is 511 g/mol. The average Bonchev–Trinajstić information content (AvgIpc) is 3.35. The molecule has 0 unspecified atom stereocenters. The first kappa shape index (κ1) is 23.9. The van der Waals surface area contributed by atoms with Gasteiger partial charge in [-0.05, 0) is 18.2 Å². The van der Waals surface area contributed by atoms with Crippen LogP contribution in [0.5, 0.6) is 0 Å². The number of nitrogens with zero attached hydrogens (tertiary/aromatic N) is 2. The van der Waals surface area contributed by atoms with Gasteiger partial charge in [0.15, 0.2) is 5.82 Å². The summed E-state index contributed by atoms with van der Waals surface area (Å²) in [5.74, 6) is -1.10. The quantitative estimate of drug-likeness (QED) is 0.486. The molecule has 13 heteroatoms. The molecule has 0 bridgehead atoms. The maximum absolute atomic E-state index is 14.2. The number of carbonyl (C=O) groups excluding carboxylic acids is 2. The van der Waals surface area contributed by atoms with E-state index in [-0.39, 0.29) is 30.2 Å². The van der Waals surface area contributed by atoms with E-state index in [2.05, 4.69) is 10.0 Å². The van der Waals surface area contributed by atoms with Crippen LogP contribution in [0, 0.1) is 5.82 Å². The Bertz CT molecular complexity index is 1380. The molecule has 1 aliphatic rings. The molecule has 4 N–H and O–H groups in total. The van der Waals surface area contributed by atoms with Crippen molar-refractivity contribution in [2.75, 3.05) is 18.4 Å². The highest BCUT2D eigenvalue weighted by molar-refractivity contribution is 7.89. The van der Waals surface area contributed by atoms with Crippen LogP contribution in [0.1, 0.15) is 6.42 Å². The number of hydrogen-bond donors (Lipinski definition) is 3. The number of aromatic nitrogens is 1. The number of fused-ring (bicyclic) bond motifs is 1. The Labute approximate surface area is 198 Å². The molecule has 1 fully saturated rings. The molecule has 0 aliphatic carbocycles. The van der Waals surface area contributed by atoms with Crippen LogP contribution < -0.4 is 15.8 Å². The van der Waals surface area contributed by atoms with Gasteiger partial charge in [0.25, 0.3) is 0 Å². The predicted octanol–water partition coefficient (Wildman–Crippen LogP) is 3.28. The zero-order valence-electron chi connectivity index (χ0n) is 17.5. The van der Waals surface area contributed by atoms with Gasteiger partial charge in [-0.2, -0.15) is 0 Å². The third kappa shape index (κ3) is 4.56. The molecule has 1 aromatic heterocycles. The Hall–Kier alpha value is -3.22. The molecular formula is C21H20ClF2N5O4S. The third-order valence-corrected chi connectivity index (χ3v) is 7.26. The van der Waals surface area contributed by atoms with Gasteiger partial charge in [-0.3, -0.25) is 4.57 Å². The number of primary amides is 1. The summed E-state index contributed by atoms with van der Waals surface area (Å²) >= 11 is 5.66. The van der Waals surface area contributed by atoms with Crippen molar-refractivity contribution in [3.05, 3.63) is 59.5 Å². The lowest BCUT2D eigenvalue weighted by molar-refractivity contribution is 0.204. The van der Waals surface area contributed by atoms with Crippen molar-refractivity contribution < 1.29 is 26.8 Å². The molecule has 0 radical (unpaired) electrons. The largest absolute Gasteiger partial charge is 0.351 e. The minimum atomic E-state index is -4.31. The SMILES string of the molecule is NC(=O)n1cc(NC(=O)N2C[C@H](F)C[C@H]2CNS(=O)(=O)c2cccc(Cl)c2F)c2ccccc21. The maximum atomic E-state index is 14.2. The van der Waals surface area contributed by atoms with E-state index in [0.29, 0.717) is 10.9 Å². The molecule has 2 atom stereocenters. The van der Waals surface area contributed by atoms with E-state index in [1.54, 1.807) is 24.3 Å². The van der Waals surface area contributed by atoms with Gasteiger partial charge in [-0.1, -0.05) is 35.9 Å². The molecule has 34 heavy (non-hydrogen) atoms. The number of amides is 3. The number of hydrogen-bond acceptors (Lipinski definition) is 4. The van der Waals surface area contributed by atoms with Crippen molar-refractivity contribution in [2.24, 2.45) is 5.73 Å². The number of sulfonamides is 1. The summed E-state index contributed by atoms with van der Waals surface area (Å²) in [4.78, 5) is 25.2. The molecule has 180 valence electrons. The highest BCUT2D eigenvalue weighted by atomic mass is 35.5. The fourth-order valence-electron chi connectivity index (χ4n) is 3.93. The molecule has 3 aromatic rings. The second-order valence-electron chi connectivity index (χ2n) is 7.74. The minimum Gasteiger partial charge on any atom is -0.351 e. The summed E-state index contributed by atoms with van der Waals surface area (Å²) in [7, 11) is -4.31. The van der Waals surface area contributed by atoms with Gasteiger partial charge in [0.1, 0.15) is 11.1 Å². The van der Waals surface area contributed by atoms with Crippen LogP contribution in [-0.4, -0.2) is 55.3 Å². The Morgan fingerprint density at radius 1 is 1.18 bits per heavy atom. The molecular weight excluding hydrogens is 492 g/mol. The number of para-hydroxylation sites is 1. The lowest BCUT2D eigenvalue weighted by Gasteiger charge is -2.24. The lowest BCUT2D eigenvalue weighted by atomic mass is 10.2. The zero-order chi connectivity index (χ0) is 24.6. The summed E-state index contributed by atoms with van der Waals surface area (Å²) in [6.07, 6.45) is -0.139. The van der Waals surface area contributed by atoms with Gasteiger partial charge in [-0.15, -0.1) is 0 Å². The molecule has 0 saturated carbocycles. The van der Waals surface area contributed by atoms with Gasteiger partial charge in [0.05, 0.1) is 22.8 Å². The van der Waals surface area contributed by atoms with Crippen LogP contribution in [0.2, 0.25) is 5.02 Å². The van der Waals surface area contributed by atoms with Crippen LogP contribution in [-0.2, 0) is 10.0 Å². The number of alkyl halides is 1. The van der Waals surface area contributed by atoms with Gasteiger partial charge < -0.3 is 16.0 Å². The number of urea groups is 1. The highest BCUT2D eigenvalue weighted by Gasteiger charge is 2.36. The first-order chi connectivity index (χ1) is 16.1. The number of benzene rings is 2. The van der Waals surface area contributed by atoms with E-state index in [4.69, 9.17) is 17.3 Å². The Morgan fingerprint density at radius 2 is 1.91 bits per heavy atom. The van der Waals surface area contributed by atoms with E-state index in [1.165, 1.54) is 18.3 Å². The molecule has 3 amide bonds. The normalized spacial score (nSPS) is 18.4. The number of halogens is 3. The third-order valence-electron chi connectivity index (χ3n) is 5.53. The fraction of sp³-hybridized carbons (Fsp3) is 0.238. The van der Waals surface area contributed by atoms with Gasteiger partial charge in [0, 0.05) is 30.6 Å². The maximum Gasteiger partial charge on any atom is 0.323 e. The highest BCUT2D eigenvalue weighted by Crippen LogP contribution is 2.28. The Kier molecular flexibility index (Phi) is 6.47. The van der Waals surface area contributed by atoms with E-state index in [1.807, 2.05) is 0 Å². The molecule has 2 heterocycles. The van der Waals surface area contributed by atoms with E-state index < -0.39 is 45.0 Å². The number of nitrogens with one attached hydrogen (secondary N) is 2. The molecule has 2 aromatic carbocycles. The fourth-order valence-corrected chi connectivity index (χ4v) is 5.33. The predicted molar refractivity (Wildman–Crippen MR) is 123 cm³/mol. The minimum absolute atomic E-state index is 0.114. The van der Waals surface area contributed by atoms with E-state index in [9.17, 15) is 26.8 Å². The number of anilines is 1. The second kappa shape index (κ2) is 9.20. The standard InChI is InChI=1S/C21H20ClF2N5O4S/c22-15-5-3-7-18(19(15)24)34(32,33)26-9-13-8-12(23)10-28(13)21(31)27-16-11-29(20(25)30)17-6-2-1-4-14(16)17/h1-7,11-13,26H,8-10H2,(H2,25,30)(H,27,31)/t12-,13+/m1/s1. The van der Waals surface area contributed by atoms with Crippen molar-refractivity contribution >= 4 is 50.3 Å². The van der Waals surface area contributed by atoms with Crippen LogP contribution in [0.4, 0.5) is 24.1 Å². The summed E-state index contributed by atoms with van der Waals surface area (Å²) in [6.45, 7) is -0.608. The first-order valence-electron chi connectivity index (χ1n) is 10.1. The van der Waals surface area contributed by atoms with Crippen LogP contribution in [0.3, 0.4) is 0 Å². The number of rotatable bonds is 5. The summed E-state index contributed by atoms with van der Waals surface area (Å²) in [5.41, 5.74) is 6.14. The number of likely N-dealkylation sites (tertiary alicyclic amines) is 1. The van der Waals surface area contributed by atoms with Crippen LogP contribution >= 0.6 is 11.6 Å². The van der Waals surface area contributed by atoms with Crippen molar-refractivity contribution in [1.82, 2.24) is 14.2 Å². The van der Waals surface area contributed by atoms with Crippen molar-refractivity contribution in [1.29, 1.82) is 0 Å². The summed E-state index contributed by atoms with van der Waals surface area (Å²) < 4.78 is 56.9. The summed E-state index contributed by atoms with van der Waals surface area (Å²) in [6, 6.07) is 8.01. The second-order valence-corrected chi connectivity index (χ2v) is 9.88. The molecule has 4 rings (SSSR count). The Balaban J connectivity index is 1.52. The molecule has 9 nitrogen and oxygen atoms in total. The number of carbonyl (C=O) groups is 2. The zero-order valence-corrected chi connectivity index (χ0v) is 19.1. The van der Waals surface area contributed by atoms with Crippen molar-refractivity contribution in [3.8, 4) is 0 Å². The van der Waals surface area contributed by atoms with Gasteiger partial charge >= 0.3 is 12.1 Å². The van der Waals surface area contributed by atoms with Crippen molar-refractivity contribution in [3.63, 3.8) is 0 Å². The van der Waals surface area contributed by atoms with Crippen LogP contribution in [0.25, 0.3) is 10.9 Å². The van der Waals surface area contributed by atoms with Gasteiger partial charge in [0.2, 0.25) is 10.0 Å². The molecule has 1 aliphatic heterocycles. The van der Waals surface area contributed by atoms with Gasteiger partial charge in [-0.25, -0.2) is 31.5 Å². The summed E-state index contributed by atoms with van der Waals surface area (Å²) in [5, 5.41) is 2.82. The van der Waals surface area contributed by atoms with Crippen molar-refractivity contribution in [2.45, 2.75) is 23.5 Å². The molecule has 0 spiro atoms. The van der Waals surface area contributed by atoms with E-state index >= 15 is 0 Å². The first-order valence-corrected chi connectivity index (χ1v) is 12.0. The molecule has 1 saturated heterocycles. The van der Waals surface area contributed by atoms with Crippen LogP contribution in [0.15, 0.2) is 53.6 Å². The average molecular weight is 512 g/mol. The van der Waals surface area contributed by atoms with E-state index in [0.717, 1.165) is 15.5 Å². The smallest absolute Gasteiger partial charge is 0.323 e. The Morgan fingerprint density at radius 3 is 2.65 bits per heavy atom. The topological polar surface area (TPSA) is 127 Å². The number of nitrogens with two attached hydrogens (primary N) is 1. The lowest BCUT2D eigenvalue weighted by Crippen LogP contribution is -2.45.